The highest BCUT2D eigenvalue weighted by molar-refractivity contribution is 4.80. The molecule has 13 heavy (non-hydrogen) atoms. The van der Waals surface area contributed by atoms with Gasteiger partial charge in [0.05, 0.1) is 12.0 Å². The Balaban J connectivity index is 3.46. The van der Waals surface area contributed by atoms with Crippen molar-refractivity contribution in [2.24, 2.45) is 11.0 Å². The van der Waals surface area contributed by atoms with Crippen LogP contribution in [-0.2, 0) is 0 Å². The number of hydrogen-bond donors (Lipinski definition) is 0. The van der Waals surface area contributed by atoms with Crippen LogP contribution in [0.3, 0.4) is 0 Å². The summed E-state index contributed by atoms with van der Waals surface area (Å²) in [6.07, 6.45) is 0.846. The van der Waals surface area contributed by atoms with Gasteiger partial charge in [0, 0.05) is 18.0 Å². The summed E-state index contributed by atoms with van der Waals surface area (Å²) in [4.78, 5) is 4.73. The standard InChI is InChI=1S/C8H15N5/c1-8(6-9)7-13(2)5-3-4-11-12-10/h8H,3-5,7H2,1-2H3. The highest BCUT2D eigenvalue weighted by Crippen LogP contribution is 1.96. The first-order chi connectivity index (χ1) is 6.20. The molecule has 0 saturated carbocycles. The van der Waals surface area contributed by atoms with Crippen LogP contribution in [0, 0.1) is 17.2 Å². The van der Waals surface area contributed by atoms with E-state index < -0.39 is 0 Å². The highest BCUT2D eigenvalue weighted by Gasteiger charge is 2.03. The average Bonchev–Trinajstić information content (AvgIpc) is 2.12. The average molecular weight is 181 g/mol. The Kier molecular flexibility index (Phi) is 6.70. The molecule has 1 atom stereocenters. The van der Waals surface area contributed by atoms with Crippen molar-refractivity contribution in [2.75, 3.05) is 26.7 Å². The van der Waals surface area contributed by atoms with Gasteiger partial charge in [0.15, 0.2) is 0 Å². The fourth-order valence-electron chi connectivity index (χ4n) is 1.06. The second kappa shape index (κ2) is 7.41. The number of nitriles is 1. The van der Waals surface area contributed by atoms with Gasteiger partial charge in [-0.2, -0.15) is 5.26 Å². The lowest BCUT2D eigenvalue weighted by atomic mass is 10.2. The van der Waals surface area contributed by atoms with Crippen molar-refractivity contribution < 1.29 is 0 Å². The van der Waals surface area contributed by atoms with Gasteiger partial charge in [-0.15, -0.1) is 0 Å². The molecule has 0 bridgehead atoms. The quantitative estimate of drug-likeness (QED) is 0.271. The third-order valence-electron chi connectivity index (χ3n) is 1.67. The van der Waals surface area contributed by atoms with Gasteiger partial charge in [-0.25, -0.2) is 0 Å². The molecule has 0 fully saturated rings. The molecular formula is C8H15N5. The maximum atomic E-state index is 8.55. The molecular weight excluding hydrogens is 166 g/mol. The Morgan fingerprint density at radius 2 is 2.38 bits per heavy atom. The largest absolute Gasteiger partial charge is 0.305 e. The minimum Gasteiger partial charge on any atom is -0.305 e. The van der Waals surface area contributed by atoms with Crippen LogP contribution >= 0.6 is 0 Å². The molecule has 0 aromatic heterocycles. The topological polar surface area (TPSA) is 75.8 Å². The van der Waals surface area contributed by atoms with Crippen LogP contribution < -0.4 is 0 Å². The summed E-state index contributed by atoms with van der Waals surface area (Å²) in [6.45, 7) is 4.06. The molecule has 0 aromatic rings. The van der Waals surface area contributed by atoms with Crippen molar-refractivity contribution in [3.63, 3.8) is 0 Å². The van der Waals surface area contributed by atoms with E-state index in [9.17, 15) is 0 Å². The van der Waals surface area contributed by atoms with Gasteiger partial charge in [0.2, 0.25) is 0 Å². The molecule has 0 aliphatic rings. The first kappa shape index (κ1) is 11.8. The predicted octanol–water partition coefficient (Wildman–Crippen LogP) is 1.78. The van der Waals surface area contributed by atoms with Crippen molar-refractivity contribution in [3.8, 4) is 6.07 Å². The zero-order valence-electron chi connectivity index (χ0n) is 8.14. The van der Waals surface area contributed by atoms with E-state index in [0.717, 1.165) is 19.5 Å². The minimum absolute atomic E-state index is 0.0597. The lowest BCUT2D eigenvalue weighted by molar-refractivity contribution is 0.308. The molecule has 0 aliphatic carbocycles. The number of hydrogen-bond acceptors (Lipinski definition) is 3. The Morgan fingerprint density at radius 1 is 1.69 bits per heavy atom. The lowest BCUT2D eigenvalue weighted by Gasteiger charge is -2.16. The number of nitrogens with zero attached hydrogens (tertiary/aromatic N) is 5. The third-order valence-corrected chi connectivity index (χ3v) is 1.67. The van der Waals surface area contributed by atoms with Crippen molar-refractivity contribution >= 4 is 0 Å². The first-order valence-electron chi connectivity index (χ1n) is 4.29. The van der Waals surface area contributed by atoms with E-state index in [1.807, 2.05) is 14.0 Å². The van der Waals surface area contributed by atoms with Gasteiger partial charge in [-0.05, 0) is 32.5 Å². The minimum atomic E-state index is 0.0597. The Labute approximate surface area is 78.6 Å². The molecule has 0 saturated heterocycles. The molecule has 0 aromatic carbocycles. The molecule has 0 radical (unpaired) electrons. The summed E-state index contributed by atoms with van der Waals surface area (Å²) < 4.78 is 0. The fraction of sp³-hybridized carbons (Fsp3) is 0.875. The van der Waals surface area contributed by atoms with Crippen molar-refractivity contribution in [1.82, 2.24) is 4.90 Å². The molecule has 5 heteroatoms. The summed E-state index contributed by atoms with van der Waals surface area (Å²) in [7, 11) is 1.96. The van der Waals surface area contributed by atoms with Crippen LogP contribution in [0.15, 0.2) is 5.11 Å². The summed E-state index contributed by atoms with van der Waals surface area (Å²) in [5.74, 6) is 0.0597. The van der Waals surface area contributed by atoms with Gasteiger partial charge >= 0.3 is 0 Å². The van der Waals surface area contributed by atoms with Gasteiger partial charge in [-0.3, -0.25) is 0 Å². The number of azide groups is 1. The van der Waals surface area contributed by atoms with E-state index in [2.05, 4.69) is 21.0 Å². The van der Waals surface area contributed by atoms with Gasteiger partial charge in [0.1, 0.15) is 0 Å². The van der Waals surface area contributed by atoms with E-state index in [1.165, 1.54) is 0 Å². The second-order valence-electron chi connectivity index (χ2n) is 3.10. The molecule has 0 heterocycles. The molecule has 0 rings (SSSR count). The molecule has 72 valence electrons. The van der Waals surface area contributed by atoms with Crippen LogP contribution in [0.5, 0.6) is 0 Å². The Bertz CT molecular complexity index is 213. The highest BCUT2D eigenvalue weighted by atomic mass is 15.1. The molecule has 0 aliphatic heterocycles. The second-order valence-corrected chi connectivity index (χ2v) is 3.10. The Morgan fingerprint density at radius 3 is 2.92 bits per heavy atom. The maximum Gasteiger partial charge on any atom is 0.0666 e. The summed E-state index contributed by atoms with van der Waals surface area (Å²) in [5, 5.41) is 12.0. The van der Waals surface area contributed by atoms with Crippen molar-refractivity contribution in [3.05, 3.63) is 10.4 Å². The SMILES string of the molecule is CC(C#N)CN(C)CCCN=[N+]=[N-]. The van der Waals surface area contributed by atoms with Gasteiger partial charge in [-0.1, -0.05) is 5.11 Å². The Hall–Kier alpha value is -1.24. The predicted molar refractivity (Wildman–Crippen MR) is 50.9 cm³/mol. The summed E-state index contributed by atoms with van der Waals surface area (Å²) >= 11 is 0. The van der Waals surface area contributed by atoms with Gasteiger partial charge in [0.25, 0.3) is 0 Å². The normalized spacial score (nSPS) is 11.8. The zero-order valence-corrected chi connectivity index (χ0v) is 8.14. The van der Waals surface area contributed by atoms with Crippen LogP contribution in [0.4, 0.5) is 0 Å². The molecule has 0 spiro atoms. The van der Waals surface area contributed by atoms with E-state index in [0.29, 0.717) is 6.54 Å². The molecule has 1 unspecified atom stereocenters. The van der Waals surface area contributed by atoms with Crippen LogP contribution in [0.1, 0.15) is 13.3 Å². The van der Waals surface area contributed by atoms with E-state index in [1.54, 1.807) is 0 Å². The summed E-state index contributed by atoms with van der Waals surface area (Å²) in [5.41, 5.74) is 8.02. The maximum absolute atomic E-state index is 8.55. The number of rotatable bonds is 6. The smallest absolute Gasteiger partial charge is 0.0666 e. The van der Waals surface area contributed by atoms with Crippen molar-refractivity contribution in [2.45, 2.75) is 13.3 Å². The fourth-order valence-corrected chi connectivity index (χ4v) is 1.06. The van der Waals surface area contributed by atoms with E-state index in [-0.39, 0.29) is 5.92 Å². The third kappa shape index (κ3) is 7.13. The lowest BCUT2D eigenvalue weighted by Crippen LogP contribution is -2.25. The van der Waals surface area contributed by atoms with Gasteiger partial charge < -0.3 is 4.90 Å². The molecule has 0 N–H and O–H groups in total. The summed E-state index contributed by atoms with van der Waals surface area (Å²) in [6, 6.07) is 2.17. The first-order valence-corrected chi connectivity index (χ1v) is 4.29. The monoisotopic (exact) mass is 181 g/mol. The van der Waals surface area contributed by atoms with E-state index >= 15 is 0 Å². The van der Waals surface area contributed by atoms with Crippen LogP contribution in [0.2, 0.25) is 0 Å². The zero-order chi connectivity index (χ0) is 10.1. The van der Waals surface area contributed by atoms with Crippen LogP contribution in [-0.4, -0.2) is 31.6 Å². The van der Waals surface area contributed by atoms with E-state index in [4.69, 9.17) is 10.8 Å². The molecule has 0 amide bonds. The van der Waals surface area contributed by atoms with Crippen LogP contribution in [0.25, 0.3) is 10.4 Å². The van der Waals surface area contributed by atoms with Crippen molar-refractivity contribution in [1.29, 1.82) is 5.26 Å². The molecule has 5 nitrogen and oxygen atoms in total.